The van der Waals surface area contributed by atoms with Crippen LogP contribution in [-0.2, 0) is 10.6 Å². The molecule has 0 aliphatic carbocycles. The van der Waals surface area contributed by atoms with Gasteiger partial charge in [0.25, 0.3) is 0 Å². The van der Waals surface area contributed by atoms with Gasteiger partial charge in [-0.2, -0.15) is 0 Å². The minimum absolute atomic E-state index is 0.496. The van der Waals surface area contributed by atoms with E-state index in [1.807, 2.05) is 12.1 Å². The number of alkyl halides is 1. The van der Waals surface area contributed by atoms with Crippen LogP contribution in [0.2, 0.25) is 0 Å². The van der Waals surface area contributed by atoms with Crippen LogP contribution in [-0.4, -0.2) is 24.8 Å². The number of hydrogen-bond acceptors (Lipinski definition) is 3. The molecular weight excluding hydrogens is 226 g/mol. The van der Waals surface area contributed by atoms with E-state index in [1.165, 1.54) is 0 Å². The molecule has 4 heteroatoms. The zero-order valence-corrected chi connectivity index (χ0v) is 9.95. The molecule has 0 spiro atoms. The molecule has 0 amide bonds. The van der Waals surface area contributed by atoms with E-state index in [0.717, 1.165) is 38.2 Å². The number of pyridine rings is 1. The monoisotopic (exact) mass is 241 g/mol. The highest BCUT2D eigenvalue weighted by atomic mass is 35.5. The highest BCUT2D eigenvalue weighted by molar-refractivity contribution is 6.17. The van der Waals surface area contributed by atoms with Gasteiger partial charge in [-0.05, 0) is 30.4 Å². The van der Waals surface area contributed by atoms with E-state index < -0.39 is 0 Å². The Kier molecular flexibility index (Phi) is 4.43. The van der Waals surface area contributed by atoms with Crippen molar-refractivity contribution in [3.05, 3.63) is 23.9 Å². The summed E-state index contributed by atoms with van der Waals surface area (Å²) < 4.78 is 11.0. The van der Waals surface area contributed by atoms with Crippen LogP contribution in [0.4, 0.5) is 0 Å². The van der Waals surface area contributed by atoms with E-state index in [0.29, 0.717) is 17.7 Å². The summed E-state index contributed by atoms with van der Waals surface area (Å²) in [5, 5.41) is 0. The van der Waals surface area contributed by atoms with Crippen LogP contribution >= 0.6 is 11.6 Å². The Morgan fingerprint density at radius 2 is 2.25 bits per heavy atom. The van der Waals surface area contributed by atoms with Crippen molar-refractivity contribution in [1.29, 1.82) is 0 Å². The first-order chi connectivity index (χ1) is 7.88. The third-order valence-corrected chi connectivity index (χ3v) is 3.07. The van der Waals surface area contributed by atoms with Gasteiger partial charge >= 0.3 is 0 Å². The molecule has 1 saturated heterocycles. The lowest BCUT2D eigenvalue weighted by atomic mass is 10.0. The van der Waals surface area contributed by atoms with Crippen molar-refractivity contribution < 1.29 is 9.47 Å². The van der Waals surface area contributed by atoms with E-state index in [2.05, 4.69) is 4.98 Å². The number of rotatable bonds is 4. The molecule has 2 heterocycles. The summed E-state index contributed by atoms with van der Waals surface area (Å²) in [6.07, 6.45) is 3.89. The average Bonchev–Trinajstić information content (AvgIpc) is 2.38. The maximum absolute atomic E-state index is 5.75. The molecule has 16 heavy (non-hydrogen) atoms. The highest BCUT2D eigenvalue weighted by Crippen LogP contribution is 2.17. The maximum atomic E-state index is 5.75. The molecule has 0 aromatic carbocycles. The van der Waals surface area contributed by atoms with Crippen LogP contribution in [0.1, 0.15) is 18.4 Å². The van der Waals surface area contributed by atoms with E-state index in [1.54, 1.807) is 6.20 Å². The van der Waals surface area contributed by atoms with Gasteiger partial charge in [-0.3, -0.25) is 0 Å². The summed E-state index contributed by atoms with van der Waals surface area (Å²) in [6, 6.07) is 3.79. The molecule has 1 aliphatic rings. The number of ether oxygens (including phenoxy) is 2. The SMILES string of the molecule is ClCc1ccnc(OCC2CCOCC2)c1. The van der Waals surface area contributed by atoms with Crippen molar-refractivity contribution >= 4 is 11.6 Å². The topological polar surface area (TPSA) is 31.4 Å². The molecule has 0 bridgehead atoms. The van der Waals surface area contributed by atoms with Gasteiger partial charge in [-0.15, -0.1) is 11.6 Å². The fourth-order valence-electron chi connectivity index (χ4n) is 1.73. The molecular formula is C12H16ClNO2. The Morgan fingerprint density at radius 1 is 1.44 bits per heavy atom. The molecule has 2 rings (SSSR count). The predicted octanol–water partition coefficient (Wildman–Crippen LogP) is 2.63. The van der Waals surface area contributed by atoms with Crippen molar-refractivity contribution in [3.8, 4) is 5.88 Å². The second-order valence-electron chi connectivity index (χ2n) is 4.00. The number of nitrogens with zero attached hydrogens (tertiary/aromatic N) is 1. The lowest BCUT2D eigenvalue weighted by Crippen LogP contribution is -2.21. The van der Waals surface area contributed by atoms with E-state index in [-0.39, 0.29) is 0 Å². The number of aromatic nitrogens is 1. The molecule has 88 valence electrons. The second kappa shape index (κ2) is 6.06. The molecule has 0 radical (unpaired) electrons. The van der Waals surface area contributed by atoms with Crippen molar-refractivity contribution in [3.63, 3.8) is 0 Å². The van der Waals surface area contributed by atoms with Crippen molar-refractivity contribution in [2.24, 2.45) is 5.92 Å². The Morgan fingerprint density at radius 3 is 3.00 bits per heavy atom. The Bertz CT molecular complexity index is 327. The van der Waals surface area contributed by atoms with Gasteiger partial charge < -0.3 is 9.47 Å². The Balaban J connectivity index is 1.83. The van der Waals surface area contributed by atoms with E-state index >= 15 is 0 Å². The summed E-state index contributed by atoms with van der Waals surface area (Å²) in [5.74, 6) is 1.76. The van der Waals surface area contributed by atoms with Crippen LogP contribution < -0.4 is 4.74 Å². The molecule has 0 unspecified atom stereocenters. The molecule has 0 N–H and O–H groups in total. The van der Waals surface area contributed by atoms with Gasteiger partial charge in [0.2, 0.25) is 5.88 Å². The number of hydrogen-bond donors (Lipinski definition) is 0. The summed E-state index contributed by atoms with van der Waals surface area (Å²) in [6.45, 7) is 2.43. The first-order valence-corrected chi connectivity index (χ1v) is 6.13. The lowest BCUT2D eigenvalue weighted by Gasteiger charge is -2.21. The zero-order valence-electron chi connectivity index (χ0n) is 9.19. The van der Waals surface area contributed by atoms with Crippen LogP contribution in [0.5, 0.6) is 5.88 Å². The maximum Gasteiger partial charge on any atom is 0.213 e. The first kappa shape index (κ1) is 11.7. The molecule has 1 aromatic rings. The fraction of sp³-hybridized carbons (Fsp3) is 0.583. The molecule has 1 fully saturated rings. The average molecular weight is 242 g/mol. The van der Waals surface area contributed by atoms with Gasteiger partial charge in [0.1, 0.15) is 0 Å². The molecule has 0 atom stereocenters. The third kappa shape index (κ3) is 3.35. The number of halogens is 1. The Labute approximate surface area is 101 Å². The zero-order chi connectivity index (χ0) is 11.2. The smallest absolute Gasteiger partial charge is 0.213 e. The second-order valence-corrected chi connectivity index (χ2v) is 4.27. The lowest BCUT2D eigenvalue weighted by molar-refractivity contribution is 0.0490. The largest absolute Gasteiger partial charge is 0.477 e. The van der Waals surface area contributed by atoms with Crippen molar-refractivity contribution in [1.82, 2.24) is 4.98 Å². The molecule has 3 nitrogen and oxygen atoms in total. The van der Waals surface area contributed by atoms with Crippen LogP contribution in [0, 0.1) is 5.92 Å². The van der Waals surface area contributed by atoms with Crippen molar-refractivity contribution in [2.45, 2.75) is 18.7 Å². The van der Waals surface area contributed by atoms with Crippen LogP contribution in [0.15, 0.2) is 18.3 Å². The minimum Gasteiger partial charge on any atom is -0.477 e. The third-order valence-electron chi connectivity index (χ3n) is 2.76. The molecule has 1 aromatic heterocycles. The molecule has 0 saturated carbocycles. The quantitative estimate of drug-likeness (QED) is 0.760. The van der Waals surface area contributed by atoms with Gasteiger partial charge in [-0.25, -0.2) is 4.98 Å². The first-order valence-electron chi connectivity index (χ1n) is 5.60. The predicted molar refractivity (Wildman–Crippen MR) is 62.8 cm³/mol. The standard InChI is InChI=1S/C12H16ClNO2/c13-8-11-1-4-14-12(7-11)16-9-10-2-5-15-6-3-10/h1,4,7,10H,2-3,5-6,8-9H2. The fourth-order valence-corrected chi connectivity index (χ4v) is 1.90. The van der Waals surface area contributed by atoms with Gasteiger partial charge in [0.15, 0.2) is 0 Å². The summed E-state index contributed by atoms with van der Waals surface area (Å²) >= 11 is 5.75. The summed E-state index contributed by atoms with van der Waals surface area (Å²) in [7, 11) is 0. The summed E-state index contributed by atoms with van der Waals surface area (Å²) in [4.78, 5) is 4.16. The van der Waals surface area contributed by atoms with Crippen molar-refractivity contribution in [2.75, 3.05) is 19.8 Å². The van der Waals surface area contributed by atoms with E-state index in [4.69, 9.17) is 21.1 Å². The van der Waals surface area contributed by atoms with Crippen LogP contribution in [0.25, 0.3) is 0 Å². The highest BCUT2D eigenvalue weighted by Gasteiger charge is 2.14. The minimum atomic E-state index is 0.496. The van der Waals surface area contributed by atoms with E-state index in [9.17, 15) is 0 Å². The van der Waals surface area contributed by atoms with Gasteiger partial charge in [0, 0.05) is 31.4 Å². The Hall–Kier alpha value is -0.800. The van der Waals surface area contributed by atoms with Crippen LogP contribution in [0.3, 0.4) is 0 Å². The normalized spacial score (nSPS) is 17.3. The van der Waals surface area contributed by atoms with Gasteiger partial charge in [0.05, 0.1) is 6.61 Å². The molecule has 1 aliphatic heterocycles. The summed E-state index contributed by atoms with van der Waals surface area (Å²) in [5.41, 5.74) is 1.04. The van der Waals surface area contributed by atoms with Gasteiger partial charge in [-0.1, -0.05) is 0 Å².